The number of quaternary nitrogens is 1. The lowest BCUT2D eigenvalue weighted by molar-refractivity contribution is -0.867. The van der Waals surface area contributed by atoms with E-state index in [1.807, 2.05) is 0 Å². The highest BCUT2D eigenvalue weighted by molar-refractivity contribution is 6.99. The fourth-order valence-electron chi connectivity index (χ4n) is 5.15. The topological polar surface area (TPSA) is 25.8 Å². The lowest BCUT2D eigenvalue weighted by Gasteiger charge is -2.38. The second kappa shape index (κ2) is 15.8. The second-order valence-corrected chi connectivity index (χ2v) is 11.2. The van der Waals surface area contributed by atoms with Crippen LogP contribution >= 0.6 is 11.7 Å². The zero-order chi connectivity index (χ0) is 23.9. The minimum atomic E-state index is 0.502. The van der Waals surface area contributed by atoms with Gasteiger partial charge in [-0.05, 0) is 19.4 Å². The Morgan fingerprint density at radius 2 is 1.55 bits per heavy atom. The molecule has 2 atom stereocenters. The van der Waals surface area contributed by atoms with Crippen LogP contribution in [-0.2, 0) is 0 Å². The van der Waals surface area contributed by atoms with Crippen molar-refractivity contribution < 1.29 is 4.48 Å². The summed E-state index contributed by atoms with van der Waals surface area (Å²) in [6, 6.07) is 0. The Balaban J connectivity index is 1.80. The van der Waals surface area contributed by atoms with Crippen LogP contribution in [0.25, 0.3) is 5.57 Å². The average Bonchev–Trinajstić information content (AvgIpc) is 3.31. The summed E-state index contributed by atoms with van der Waals surface area (Å²) in [5, 5.41) is 0. The molecule has 0 aliphatic carbocycles. The van der Waals surface area contributed by atoms with E-state index in [0.717, 1.165) is 23.9 Å². The fraction of sp³-hybridized carbons (Fsp3) is 0.793. The maximum atomic E-state index is 4.78. The van der Waals surface area contributed by atoms with Gasteiger partial charge in [0.05, 0.1) is 31.0 Å². The quantitative estimate of drug-likeness (QED) is 0.156. The molecule has 0 saturated heterocycles. The molecule has 1 aliphatic rings. The monoisotopic (exact) mass is 474 g/mol. The van der Waals surface area contributed by atoms with Gasteiger partial charge in [-0.1, -0.05) is 104 Å². The first-order valence-electron chi connectivity index (χ1n) is 14.1. The molecule has 0 amide bonds. The van der Waals surface area contributed by atoms with E-state index in [0.29, 0.717) is 5.92 Å². The van der Waals surface area contributed by atoms with Crippen molar-refractivity contribution in [3.8, 4) is 0 Å². The predicted molar refractivity (Wildman–Crippen MR) is 147 cm³/mol. The van der Waals surface area contributed by atoms with Gasteiger partial charge in [0, 0.05) is 24.3 Å². The Morgan fingerprint density at radius 3 is 2.21 bits per heavy atom. The van der Waals surface area contributed by atoms with Gasteiger partial charge in [0.2, 0.25) is 0 Å². The third-order valence-corrected chi connectivity index (χ3v) is 8.18. The minimum Gasteiger partial charge on any atom is -0.294 e. The van der Waals surface area contributed by atoms with Gasteiger partial charge in [0.1, 0.15) is 17.9 Å². The third kappa shape index (κ3) is 9.64. The van der Waals surface area contributed by atoms with Crippen molar-refractivity contribution in [1.82, 2.24) is 8.75 Å². The summed E-state index contributed by atoms with van der Waals surface area (Å²) in [7, 11) is 2.39. The second-order valence-electron chi connectivity index (χ2n) is 10.7. The number of rotatable bonds is 18. The van der Waals surface area contributed by atoms with Crippen molar-refractivity contribution in [3.05, 3.63) is 29.7 Å². The van der Waals surface area contributed by atoms with Crippen molar-refractivity contribution >= 4 is 17.3 Å². The van der Waals surface area contributed by atoms with Gasteiger partial charge in [-0.3, -0.25) is 4.48 Å². The molecule has 0 aromatic carbocycles. The van der Waals surface area contributed by atoms with Gasteiger partial charge in [-0.15, -0.1) is 0 Å². The standard InChI is InChI=1S/C29H52N3S/c1-6-8-10-12-13-14-15-16-18-21-26(4)32(5)23-19-22-27(24-32)29-28(30-33-31-29)25(3)20-17-11-9-7-2/h22,25H,4,6-21,23-24H2,1-3,5H3/q+1. The molecule has 0 N–H and O–H groups in total. The van der Waals surface area contributed by atoms with Crippen molar-refractivity contribution in [2.45, 2.75) is 129 Å². The normalized spacial score (nSPS) is 19.5. The SMILES string of the molecule is C=C(CCCCCCCCCCC)[N+]1(C)CCC=C(c2nsnc2C(C)CCCCCC)C1. The van der Waals surface area contributed by atoms with Crippen molar-refractivity contribution in [1.29, 1.82) is 0 Å². The highest BCUT2D eigenvalue weighted by Gasteiger charge is 2.32. The fourth-order valence-corrected chi connectivity index (χ4v) is 5.84. The number of likely N-dealkylation sites (N-methyl/N-ethyl adjacent to an activating group) is 1. The van der Waals surface area contributed by atoms with Gasteiger partial charge >= 0.3 is 0 Å². The first-order valence-corrected chi connectivity index (χ1v) is 14.8. The van der Waals surface area contributed by atoms with E-state index >= 15 is 0 Å². The summed E-state index contributed by atoms with van der Waals surface area (Å²) in [6.07, 6.45) is 23.7. The van der Waals surface area contributed by atoms with E-state index in [1.165, 1.54) is 131 Å². The molecule has 2 rings (SSSR count). The molecular weight excluding hydrogens is 422 g/mol. The number of aromatic nitrogens is 2. The molecule has 2 heterocycles. The Hall–Kier alpha value is -1.00. The van der Waals surface area contributed by atoms with Gasteiger partial charge in [-0.2, -0.15) is 8.75 Å². The Morgan fingerprint density at radius 1 is 0.939 bits per heavy atom. The molecule has 2 unspecified atom stereocenters. The molecular formula is C29H52N3S+. The molecule has 0 radical (unpaired) electrons. The van der Waals surface area contributed by atoms with E-state index in [2.05, 4.69) is 40.5 Å². The molecule has 0 saturated carbocycles. The summed E-state index contributed by atoms with van der Waals surface area (Å²) >= 11 is 1.40. The van der Waals surface area contributed by atoms with E-state index in [4.69, 9.17) is 8.75 Å². The van der Waals surface area contributed by atoms with Crippen LogP contribution in [0, 0.1) is 0 Å². The Kier molecular flexibility index (Phi) is 13.5. The Labute approximate surface area is 209 Å². The van der Waals surface area contributed by atoms with E-state index in [-0.39, 0.29) is 0 Å². The smallest absolute Gasteiger partial charge is 0.110 e. The van der Waals surface area contributed by atoms with Crippen LogP contribution in [0.4, 0.5) is 0 Å². The van der Waals surface area contributed by atoms with Crippen LogP contribution in [-0.4, -0.2) is 33.4 Å². The highest BCUT2D eigenvalue weighted by Crippen LogP contribution is 2.34. The van der Waals surface area contributed by atoms with Gasteiger partial charge in [-0.25, -0.2) is 0 Å². The van der Waals surface area contributed by atoms with Crippen LogP contribution in [0.15, 0.2) is 18.4 Å². The van der Waals surface area contributed by atoms with Crippen LogP contribution in [0.2, 0.25) is 0 Å². The van der Waals surface area contributed by atoms with Crippen molar-refractivity contribution in [3.63, 3.8) is 0 Å². The summed E-state index contributed by atoms with van der Waals surface area (Å²) in [6.45, 7) is 13.7. The zero-order valence-electron chi connectivity index (χ0n) is 22.3. The third-order valence-electron chi connectivity index (χ3n) is 7.64. The number of hydrogen-bond acceptors (Lipinski definition) is 3. The number of unbranched alkanes of at least 4 members (excludes halogenated alkanes) is 11. The molecule has 1 aromatic heterocycles. The number of nitrogens with zero attached hydrogens (tertiary/aromatic N) is 3. The minimum absolute atomic E-state index is 0.502. The maximum Gasteiger partial charge on any atom is 0.110 e. The molecule has 33 heavy (non-hydrogen) atoms. The molecule has 1 aliphatic heterocycles. The summed E-state index contributed by atoms with van der Waals surface area (Å²) in [5.74, 6) is 0.502. The molecule has 1 aromatic rings. The maximum absolute atomic E-state index is 4.78. The molecule has 188 valence electrons. The van der Waals surface area contributed by atoms with Crippen LogP contribution < -0.4 is 0 Å². The lowest BCUT2D eigenvalue weighted by Crippen LogP contribution is -2.46. The molecule has 0 spiro atoms. The summed E-state index contributed by atoms with van der Waals surface area (Å²) in [4.78, 5) is 0. The first kappa shape index (κ1) is 28.2. The van der Waals surface area contributed by atoms with Crippen LogP contribution in [0.5, 0.6) is 0 Å². The number of hydrogen-bond donors (Lipinski definition) is 0. The van der Waals surface area contributed by atoms with Crippen molar-refractivity contribution in [2.75, 3.05) is 20.1 Å². The van der Waals surface area contributed by atoms with Gasteiger partial charge in [0.15, 0.2) is 0 Å². The number of allylic oxidation sites excluding steroid dienone is 1. The summed E-state index contributed by atoms with van der Waals surface area (Å²) < 4.78 is 10.5. The van der Waals surface area contributed by atoms with Crippen molar-refractivity contribution in [2.24, 2.45) is 0 Å². The van der Waals surface area contributed by atoms with Crippen LogP contribution in [0.1, 0.15) is 141 Å². The van der Waals surface area contributed by atoms with E-state index in [9.17, 15) is 0 Å². The van der Waals surface area contributed by atoms with Crippen LogP contribution in [0.3, 0.4) is 0 Å². The van der Waals surface area contributed by atoms with E-state index in [1.54, 1.807) is 0 Å². The molecule has 0 fully saturated rings. The van der Waals surface area contributed by atoms with E-state index < -0.39 is 0 Å². The predicted octanol–water partition coefficient (Wildman–Crippen LogP) is 9.28. The first-order chi connectivity index (χ1) is 16.0. The largest absolute Gasteiger partial charge is 0.294 e. The van der Waals surface area contributed by atoms with Gasteiger partial charge < -0.3 is 0 Å². The summed E-state index contributed by atoms with van der Waals surface area (Å²) in [5.41, 5.74) is 5.23. The molecule has 0 bridgehead atoms. The Bertz CT molecular complexity index is 707. The molecule has 3 nitrogen and oxygen atoms in total. The highest BCUT2D eigenvalue weighted by atomic mass is 32.1. The lowest BCUT2D eigenvalue weighted by atomic mass is 9.93. The average molecular weight is 475 g/mol. The zero-order valence-corrected chi connectivity index (χ0v) is 23.2. The van der Waals surface area contributed by atoms with Gasteiger partial charge in [0.25, 0.3) is 0 Å². The molecule has 4 heteroatoms.